The molecule has 8 heteroatoms. The van der Waals surface area contributed by atoms with Crippen LogP contribution >= 0.6 is 0 Å². The number of ether oxygens (including phenoxy) is 1. The second-order valence-corrected chi connectivity index (χ2v) is 7.25. The van der Waals surface area contributed by atoms with Gasteiger partial charge in [0.25, 0.3) is 0 Å². The van der Waals surface area contributed by atoms with Crippen LogP contribution < -0.4 is 5.32 Å². The van der Waals surface area contributed by atoms with Gasteiger partial charge in [-0.3, -0.25) is 19.3 Å². The molecule has 0 saturated carbocycles. The quantitative estimate of drug-likeness (QED) is 0.400. The number of phenols is 1. The molecule has 1 fully saturated rings. The molecule has 0 spiro atoms. The smallest absolute Gasteiger partial charge is 0.328 e. The summed E-state index contributed by atoms with van der Waals surface area (Å²) >= 11 is 0. The van der Waals surface area contributed by atoms with Gasteiger partial charge >= 0.3 is 5.97 Å². The number of carbonyl (C=O) groups is 4. The standard InChI is InChI=1S/C21H24N2O6/c1-29-21(28)17(12-13-6-8-14(24)9-7-13)22-18(25)10-11-23-19(26)15-4-2-3-5-16(15)20(23)27/h2-3,6-9,15-17,24H,4-5,10-12H2,1H3,(H,22,25). The average molecular weight is 400 g/mol. The minimum absolute atomic E-state index is 0.0103. The van der Waals surface area contributed by atoms with Crippen molar-refractivity contribution < 1.29 is 29.0 Å². The minimum Gasteiger partial charge on any atom is -0.508 e. The number of likely N-dealkylation sites (tertiary alicyclic amines) is 1. The number of aromatic hydroxyl groups is 1. The molecule has 3 rings (SSSR count). The van der Waals surface area contributed by atoms with Gasteiger partial charge in [-0.05, 0) is 30.5 Å². The summed E-state index contributed by atoms with van der Waals surface area (Å²) < 4.78 is 4.76. The van der Waals surface area contributed by atoms with Gasteiger partial charge in [0.1, 0.15) is 11.8 Å². The highest BCUT2D eigenvalue weighted by molar-refractivity contribution is 6.05. The number of methoxy groups -OCH3 is 1. The molecular weight excluding hydrogens is 376 g/mol. The van der Waals surface area contributed by atoms with Crippen LogP contribution in [-0.2, 0) is 30.3 Å². The number of phenolic OH excluding ortho intramolecular Hbond substituents is 1. The average Bonchev–Trinajstić information content (AvgIpc) is 2.97. The van der Waals surface area contributed by atoms with Gasteiger partial charge in [-0.15, -0.1) is 0 Å². The van der Waals surface area contributed by atoms with E-state index in [9.17, 15) is 24.3 Å². The van der Waals surface area contributed by atoms with Gasteiger partial charge in [0, 0.05) is 19.4 Å². The van der Waals surface area contributed by atoms with E-state index in [2.05, 4.69) is 5.32 Å². The predicted molar refractivity (Wildman–Crippen MR) is 102 cm³/mol. The molecule has 1 heterocycles. The minimum atomic E-state index is -0.909. The Kier molecular flexibility index (Phi) is 6.31. The Morgan fingerprint density at radius 3 is 2.28 bits per heavy atom. The van der Waals surface area contributed by atoms with E-state index in [4.69, 9.17) is 4.74 Å². The first-order valence-corrected chi connectivity index (χ1v) is 9.56. The topological polar surface area (TPSA) is 113 Å². The lowest BCUT2D eigenvalue weighted by Gasteiger charge is -2.18. The number of allylic oxidation sites excluding steroid dienone is 2. The van der Waals surface area contributed by atoms with Crippen LogP contribution in [0.1, 0.15) is 24.8 Å². The summed E-state index contributed by atoms with van der Waals surface area (Å²) in [5.74, 6) is -2.06. The third kappa shape index (κ3) is 4.64. The fourth-order valence-electron chi connectivity index (χ4n) is 3.77. The number of esters is 1. The molecule has 29 heavy (non-hydrogen) atoms. The van der Waals surface area contributed by atoms with E-state index in [1.807, 2.05) is 12.2 Å². The van der Waals surface area contributed by atoms with E-state index in [0.29, 0.717) is 12.8 Å². The number of imide groups is 1. The van der Waals surface area contributed by atoms with Crippen LogP contribution in [-0.4, -0.2) is 53.4 Å². The van der Waals surface area contributed by atoms with Crippen molar-refractivity contribution in [2.45, 2.75) is 31.7 Å². The van der Waals surface area contributed by atoms with Gasteiger partial charge in [0.2, 0.25) is 17.7 Å². The van der Waals surface area contributed by atoms with Crippen molar-refractivity contribution >= 4 is 23.7 Å². The maximum atomic E-state index is 12.5. The highest BCUT2D eigenvalue weighted by Gasteiger charge is 2.46. The highest BCUT2D eigenvalue weighted by Crippen LogP contribution is 2.34. The molecule has 8 nitrogen and oxygen atoms in total. The maximum Gasteiger partial charge on any atom is 0.328 e. The molecule has 3 amide bonds. The Morgan fingerprint density at radius 1 is 1.14 bits per heavy atom. The number of carbonyl (C=O) groups excluding carboxylic acids is 4. The number of hydrogen-bond donors (Lipinski definition) is 2. The van der Waals surface area contributed by atoms with Crippen LogP contribution in [0.25, 0.3) is 0 Å². The summed E-state index contributed by atoms with van der Waals surface area (Å²) in [5, 5.41) is 12.0. The van der Waals surface area contributed by atoms with E-state index >= 15 is 0 Å². The second-order valence-electron chi connectivity index (χ2n) is 7.25. The number of hydrogen-bond acceptors (Lipinski definition) is 6. The van der Waals surface area contributed by atoms with Crippen molar-refractivity contribution in [3.05, 3.63) is 42.0 Å². The molecule has 154 valence electrons. The third-order valence-corrected chi connectivity index (χ3v) is 5.36. The van der Waals surface area contributed by atoms with Crippen molar-refractivity contribution in [3.8, 4) is 5.75 Å². The van der Waals surface area contributed by atoms with E-state index in [0.717, 1.165) is 10.5 Å². The molecule has 1 aliphatic heterocycles. The van der Waals surface area contributed by atoms with E-state index in [1.165, 1.54) is 19.2 Å². The van der Waals surface area contributed by atoms with Gasteiger partial charge in [0.05, 0.1) is 18.9 Å². The predicted octanol–water partition coefficient (Wildman–Crippen LogP) is 0.934. The molecule has 1 aromatic rings. The van der Waals surface area contributed by atoms with Gasteiger partial charge < -0.3 is 15.2 Å². The van der Waals surface area contributed by atoms with Crippen molar-refractivity contribution in [2.75, 3.05) is 13.7 Å². The SMILES string of the molecule is COC(=O)C(Cc1ccc(O)cc1)NC(=O)CCN1C(=O)C2CC=CCC2C1=O. The van der Waals surface area contributed by atoms with Gasteiger partial charge in [-0.25, -0.2) is 4.79 Å². The molecule has 0 bridgehead atoms. The fourth-order valence-corrected chi connectivity index (χ4v) is 3.77. The number of benzene rings is 1. The summed E-state index contributed by atoms with van der Waals surface area (Å²) in [6, 6.07) is 5.37. The second kappa shape index (κ2) is 8.89. The first kappa shape index (κ1) is 20.6. The normalized spacial score (nSPS) is 21.6. The van der Waals surface area contributed by atoms with Crippen LogP contribution in [0.4, 0.5) is 0 Å². The number of nitrogens with one attached hydrogen (secondary N) is 1. The zero-order valence-electron chi connectivity index (χ0n) is 16.2. The van der Waals surface area contributed by atoms with Crippen molar-refractivity contribution in [2.24, 2.45) is 11.8 Å². The zero-order valence-corrected chi connectivity index (χ0v) is 16.2. The van der Waals surface area contributed by atoms with Gasteiger partial charge in [0.15, 0.2) is 0 Å². The highest BCUT2D eigenvalue weighted by atomic mass is 16.5. The monoisotopic (exact) mass is 400 g/mol. The summed E-state index contributed by atoms with van der Waals surface area (Å²) in [5.41, 5.74) is 0.736. The van der Waals surface area contributed by atoms with Gasteiger partial charge in [-0.1, -0.05) is 24.3 Å². The Balaban J connectivity index is 1.57. The van der Waals surface area contributed by atoms with Crippen molar-refractivity contribution in [1.29, 1.82) is 0 Å². The summed E-state index contributed by atoms with van der Waals surface area (Å²) in [6.45, 7) is -0.0103. The number of rotatable bonds is 7. The zero-order chi connectivity index (χ0) is 21.0. The first-order chi connectivity index (χ1) is 13.9. The van der Waals surface area contributed by atoms with Crippen molar-refractivity contribution in [3.63, 3.8) is 0 Å². The van der Waals surface area contributed by atoms with Crippen molar-refractivity contribution in [1.82, 2.24) is 10.2 Å². The number of fused-ring (bicyclic) bond motifs is 1. The molecule has 3 unspecified atom stereocenters. The molecule has 2 N–H and O–H groups in total. The Bertz CT molecular complexity index is 806. The molecule has 1 aromatic carbocycles. The van der Waals surface area contributed by atoms with E-state index in [1.54, 1.807) is 12.1 Å². The lowest BCUT2D eigenvalue weighted by Crippen LogP contribution is -2.44. The van der Waals surface area contributed by atoms with Crippen LogP contribution in [0, 0.1) is 11.8 Å². The molecule has 1 aliphatic carbocycles. The van der Waals surface area contributed by atoms with Gasteiger partial charge in [-0.2, -0.15) is 0 Å². The Labute approximate surface area is 168 Å². The van der Waals surface area contributed by atoms with E-state index in [-0.39, 0.29) is 48.8 Å². The van der Waals surface area contributed by atoms with Crippen LogP contribution in [0.2, 0.25) is 0 Å². The molecule has 0 aromatic heterocycles. The number of nitrogens with zero attached hydrogens (tertiary/aromatic N) is 1. The summed E-state index contributed by atoms with van der Waals surface area (Å²) in [6.07, 6.45) is 5.02. The summed E-state index contributed by atoms with van der Waals surface area (Å²) in [7, 11) is 1.23. The Morgan fingerprint density at radius 2 is 1.72 bits per heavy atom. The van der Waals surface area contributed by atoms with Crippen LogP contribution in [0.15, 0.2) is 36.4 Å². The fraction of sp³-hybridized carbons (Fsp3) is 0.429. The maximum absolute atomic E-state index is 12.5. The molecule has 1 saturated heterocycles. The molecule has 2 aliphatic rings. The Hall–Kier alpha value is -3.16. The van der Waals surface area contributed by atoms with E-state index < -0.39 is 17.9 Å². The third-order valence-electron chi connectivity index (χ3n) is 5.36. The molecular formula is C21H24N2O6. The number of amides is 3. The van der Waals surface area contributed by atoms with Crippen LogP contribution in [0.5, 0.6) is 5.75 Å². The first-order valence-electron chi connectivity index (χ1n) is 9.56. The molecule has 0 radical (unpaired) electrons. The lowest BCUT2D eigenvalue weighted by molar-refractivity contribution is -0.145. The lowest BCUT2D eigenvalue weighted by atomic mass is 9.85. The largest absolute Gasteiger partial charge is 0.508 e. The van der Waals surface area contributed by atoms with Crippen LogP contribution in [0.3, 0.4) is 0 Å². The summed E-state index contributed by atoms with van der Waals surface area (Å²) in [4.78, 5) is 50.5. The molecule has 3 atom stereocenters.